The predicted molar refractivity (Wildman–Crippen MR) is 175 cm³/mol. The van der Waals surface area contributed by atoms with Crippen LogP contribution in [0.5, 0.6) is 0 Å². The Morgan fingerprint density at radius 3 is 2.27 bits per heavy atom. The Hall–Kier alpha value is -3.95. The highest BCUT2D eigenvalue weighted by molar-refractivity contribution is 7.99. The number of aliphatic hydroxyl groups excluding tert-OH is 1. The van der Waals surface area contributed by atoms with Gasteiger partial charge in [0.25, 0.3) is 0 Å². The van der Waals surface area contributed by atoms with Crippen molar-refractivity contribution >= 4 is 23.6 Å². The molecule has 1 saturated heterocycles. The van der Waals surface area contributed by atoms with Crippen molar-refractivity contribution in [1.29, 1.82) is 0 Å². The lowest BCUT2D eigenvalue weighted by Crippen LogP contribution is -2.31. The second kappa shape index (κ2) is 16.4. The molecule has 0 bridgehead atoms. The number of hydrogen-bond donors (Lipinski definition) is 3. The number of aliphatic carboxylic acids is 1. The monoisotopic (exact) mass is 625 g/mol. The standard InChI is InChI=1S/C37H39NO6S/c39-24-26-16-18-28(19-17-26)34-22-32(25-45-33-12-2-1-3-13-33)43-37(44-34)31-11-7-10-30(21-31)29-9-6-8-27(20-29)23-38-35(40)14-4-5-15-36(41)42/h1-3,6-13,16-21,32,34,37,39H,4-5,14-15,22-25H2,(H,38,40)(H,41,42)/t32-,34+,37+/m1/s1. The summed E-state index contributed by atoms with van der Waals surface area (Å²) in [5.41, 5.74) is 5.87. The second-order valence-corrected chi connectivity index (χ2v) is 12.3. The molecule has 0 saturated carbocycles. The van der Waals surface area contributed by atoms with Gasteiger partial charge in [0, 0.05) is 42.0 Å². The van der Waals surface area contributed by atoms with Gasteiger partial charge in [0.05, 0.1) is 18.8 Å². The third kappa shape index (κ3) is 9.77. The van der Waals surface area contributed by atoms with E-state index < -0.39 is 12.3 Å². The average molecular weight is 626 g/mol. The molecule has 4 aromatic rings. The normalized spacial score (nSPS) is 17.9. The third-order valence-corrected chi connectivity index (χ3v) is 8.89. The minimum absolute atomic E-state index is 0.00282. The summed E-state index contributed by atoms with van der Waals surface area (Å²) in [5.74, 6) is -0.129. The maximum atomic E-state index is 12.3. The molecule has 45 heavy (non-hydrogen) atoms. The number of carboxylic acids is 1. The van der Waals surface area contributed by atoms with E-state index in [2.05, 4.69) is 35.6 Å². The Balaban J connectivity index is 1.28. The first-order valence-corrected chi connectivity index (χ1v) is 16.3. The molecular formula is C37H39NO6S. The van der Waals surface area contributed by atoms with E-state index in [0.29, 0.717) is 25.8 Å². The van der Waals surface area contributed by atoms with Crippen molar-refractivity contribution in [1.82, 2.24) is 5.32 Å². The van der Waals surface area contributed by atoms with Crippen LogP contribution in [0, 0.1) is 0 Å². The van der Waals surface area contributed by atoms with Gasteiger partial charge in [0.1, 0.15) is 0 Å². The molecule has 0 aliphatic carbocycles. The molecule has 1 amide bonds. The van der Waals surface area contributed by atoms with Crippen molar-refractivity contribution in [3.05, 3.63) is 125 Å². The summed E-state index contributed by atoms with van der Waals surface area (Å²) >= 11 is 1.77. The number of carboxylic acid groups (broad SMARTS) is 1. The number of ether oxygens (including phenoxy) is 2. The van der Waals surface area contributed by atoms with E-state index in [9.17, 15) is 14.7 Å². The van der Waals surface area contributed by atoms with E-state index in [-0.39, 0.29) is 31.1 Å². The van der Waals surface area contributed by atoms with Gasteiger partial charge in [-0.25, -0.2) is 0 Å². The molecule has 5 rings (SSSR count). The van der Waals surface area contributed by atoms with E-state index in [1.807, 2.05) is 72.8 Å². The van der Waals surface area contributed by atoms with Gasteiger partial charge in [-0.1, -0.05) is 78.9 Å². The Bertz CT molecular complexity index is 1540. The molecule has 0 spiro atoms. The quantitative estimate of drug-likeness (QED) is 0.0988. The zero-order chi connectivity index (χ0) is 31.4. The van der Waals surface area contributed by atoms with Crippen LogP contribution in [-0.2, 0) is 32.2 Å². The highest BCUT2D eigenvalue weighted by atomic mass is 32.2. The Labute approximate surface area is 268 Å². The van der Waals surface area contributed by atoms with Crippen LogP contribution in [0.1, 0.15) is 66.8 Å². The molecule has 4 aromatic carbocycles. The lowest BCUT2D eigenvalue weighted by molar-refractivity contribution is -0.245. The summed E-state index contributed by atoms with van der Waals surface area (Å²) in [6, 6.07) is 34.5. The van der Waals surface area contributed by atoms with E-state index in [0.717, 1.165) is 45.6 Å². The molecule has 1 aliphatic heterocycles. The summed E-state index contributed by atoms with van der Waals surface area (Å²) < 4.78 is 13.1. The number of amides is 1. The van der Waals surface area contributed by atoms with E-state index in [4.69, 9.17) is 14.6 Å². The van der Waals surface area contributed by atoms with E-state index in [1.165, 1.54) is 4.90 Å². The van der Waals surface area contributed by atoms with Crippen LogP contribution in [0.4, 0.5) is 0 Å². The van der Waals surface area contributed by atoms with Crippen LogP contribution in [0.3, 0.4) is 0 Å². The molecule has 1 heterocycles. The largest absolute Gasteiger partial charge is 0.481 e. The molecule has 8 heteroatoms. The third-order valence-electron chi connectivity index (χ3n) is 7.75. The summed E-state index contributed by atoms with van der Waals surface area (Å²) in [5, 5.41) is 21.2. The summed E-state index contributed by atoms with van der Waals surface area (Å²) in [4.78, 5) is 24.1. The molecular weight excluding hydrogens is 586 g/mol. The minimum Gasteiger partial charge on any atom is -0.481 e. The Kier molecular flexibility index (Phi) is 11.8. The topological polar surface area (TPSA) is 105 Å². The van der Waals surface area contributed by atoms with Crippen molar-refractivity contribution in [3.8, 4) is 11.1 Å². The smallest absolute Gasteiger partial charge is 0.303 e. The van der Waals surface area contributed by atoms with Crippen LogP contribution in [0.15, 0.2) is 108 Å². The lowest BCUT2D eigenvalue weighted by Gasteiger charge is -2.36. The average Bonchev–Trinajstić information content (AvgIpc) is 3.09. The fraction of sp³-hybridized carbons (Fsp3) is 0.297. The van der Waals surface area contributed by atoms with Crippen LogP contribution in [0.25, 0.3) is 11.1 Å². The summed E-state index contributed by atoms with van der Waals surface area (Å²) in [6.45, 7) is 0.403. The number of benzene rings is 4. The zero-order valence-electron chi connectivity index (χ0n) is 25.1. The van der Waals surface area contributed by atoms with Gasteiger partial charge in [-0.05, 0) is 64.9 Å². The molecule has 234 valence electrons. The first-order chi connectivity index (χ1) is 22.0. The number of aliphatic hydroxyl groups is 1. The number of thioether (sulfide) groups is 1. The number of rotatable bonds is 14. The maximum absolute atomic E-state index is 12.3. The Morgan fingerprint density at radius 1 is 0.778 bits per heavy atom. The first kappa shape index (κ1) is 32.4. The molecule has 1 aliphatic rings. The van der Waals surface area contributed by atoms with Crippen molar-refractivity contribution in [2.75, 3.05) is 5.75 Å². The van der Waals surface area contributed by atoms with Gasteiger partial charge < -0.3 is 25.0 Å². The molecule has 3 N–H and O–H groups in total. The van der Waals surface area contributed by atoms with Gasteiger partial charge in [-0.15, -0.1) is 11.8 Å². The fourth-order valence-corrected chi connectivity index (χ4v) is 6.25. The number of nitrogens with one attached hydrogen (secondary N) is 1. The SMILES string of the molecule is O=C(O)CCCCC(=O)NCc1cccc(-c2cccc([C@H]3O[C@@H](CSc4ccccc4)C[C@@H](c4ccc(CO)cc4)O3)c2)c1. The lowest BCUT2D eigenvalue weighted by atomic mass is 9.99. The van der Waals surface area contributed by atoms with Crippen LogP contribution < -0.4 is 5.32 Å². The molecule has 3 atom stereocenters. The van der Waals surface area contributed by atoms with Gasteiger partial charge in [0.2, 0.25) is 5.91 Å². The van der Waals surface area contributed by atoms with Crippen molar-refractivity contribution < 1.29 is 29.3 Å². The van der Waals surface area contributed by atoms with E-state index in [1.54, 1.807) is 11.8 Å². The maximum Gasteiger partial charge on any atom is 0.303 e. The van der Waals surface area contributed by atoms with Crippen molar-refractivity contribution in [3.63, 3.8) is 0 Å². The highest BCUT2D eigenvalue weighted by Crippen LogP contribution is 2.40. The number of unbranched alkanes of at least 4 members (excludes halogenated alkanes) is 1. The number of carbonyl (C=O) groups is 2. The second-order valence-electron chi connectivity index (χ2n) is 11.2. The minimum atomic E-state index is -0.840. The summed E-state index contributed by atoms with van der Waals surface area (Å²) in [6.07, 6.45) is 1.43. The van der Waals surface area contributed by atoms with Crippen molar-refractivity contribution in [2.24, 2.45) is 0 Å². The highest BCUT2D eigenvalue weighted by Gasteiger charge is 2.32. The predicted octanol–water partition coefficient (Wildman–Crippen LogP) is 7.44. The first-order valence-electron chi connectivity index (χ1n) is 15.3. The van der Waals surface area contributed by atoms with Crippen LogP contribution in [0.2, 0.25) is 0 Å². The zero-order valence-corrected chi connectivity index (χ0v) is 26.0. The number of carbonyl (C=O) groups excluding carboxylic acids is 1. The molecule has 0 radical (unpaired) electrons. The Morgan fingerprint density at radius 2 is 1.51 bits per heavy atom. The number of hydrogen-bond acceptors (Lipinski definition) is 6. The molecule has 0 unspecified atom stereocenters. The van der Waals surface area contributed by atoms with Crippen LogP contribution >= 0.6 is 11.8 Å². The van der Waals surface area contributed by atoms with Gasteiger partial charge in [-0.2, -0.15) is 0 Å². The van der Waals surface area contributed by atoms with Crippen LogP contribution in [-0.4, -0.2) is 33.9 Å². The summed E-state index contributed by atoms with van der Waals surface area (Å²) in [7, 11) is 0. The van der Waals surface area contributed by atoms with Crippen molar-refractivity contribution in [2.45, 2.75) is 68.6 Å². The van der Waals surface area contributed by atoms with Gasteiger partial charge in [0.15, 0.2) is 6.29 Å². The molecule has 1 fully saturated rings. The molecule has 7 nitrogen and oxygen atoms in total. The van der Waals surface area contributed by atoms with E-state index >= 15 is 0 Å². The fourth-order valence-electron chi connectivity index (χ4n) is 5.31. The van der Waals surface area contributed by atoms with Gasteiger partial charge >= 0.3 is 5.97 Å². The van der Waals surface area contributed by atoms with Gasteiger partial charge in [-0.3, -0.25) is 9.59 Å². The molecule has 0 aromatic heterocycles.